The number of carbonyl (C=O) groups is 1. The molecule has 0 saturated heterocycles. The van der Waals surface area contributed by atoms with Gasteiger partial charge in [-0.25, -0.2) is 4.98 Å². The van der Waals surface area contributed by atoms with Crippen LogP contribution in [-0.2, 0) is 11.3 Å². The van der Waals surface area contributed by atoms with Crippen molar-refractivity contribution in [3.63, 3.8) is 0 Å². The maximum absolute atomic E-state index is 13.4. The van der Waals surface area contributed by atoms with E-state index in [9.17, 15) is 4.79 Å². The molecule has 0 aliphatic heterocycles. The molecule has 2 aromatic heterocycles. The number of para-hydroxylation sites is 1. The predicted molar refractivity (Wildman–Crippen MR) is 137 cm³/mol. The van der Waals surface area contributed by atoms with Crippen LogP contribution in [0.15, 0.2) is 60.8 Å². The van der Waals surface area contributed by atoms with Crippen molar-refractivity contribution in [1.82, 2.24) is 9.97 Å². The molecule has 2 aromatic carbocycles. The molecule has 0 bridgehead atoms. The van der Waals surface area contributed by atoms with Crippen molar-refractivity contribution in [3.8, 4) is 23.0 Å². The molecule has 0 atom stereocenters. The Kier molecular flexibility index (Phi) is 7.47. The number of hydrogen-bond donors (Lipinski definition) is 0. The summed E-state index contributed by atoms with van der Waals surface area (Å²) in [4.78, 5) is 24.1. The zero-order chi connectivity index (χ0) is 24.8. The molecule has 0 saturated carbocycles. The summed E-state index contributed by atoms with van der Waals surface area (Å²) in [5.74, 6) is 1.90. The van der Waals surface area contributed by atoms with Crippen LogP contribution in [0.2, 0.25) is 0 Å². The number of nitrogens with zero attached hydrogens (tertiary/aromatic N) is 3. The Hall–Kier alpha value is -4.11. The van der Waals surface area contributed by atoms with Crippen molar-refractivity contribution >= 4 is 38.7 Å². The molecule has 0 aliphatic rings. The first-order valence-corrected chi connectivity index (χ1v) is 11.5. The van der Waals surface area contributed by atoms with E-state index in [2.05, 4.69) is 4.98 Å². The second-order valence-corrected chi connectivity index (χ2v) is 8.35. The average molecular weight is 492 g/mol. The van der Waals surface area contributed by atoms with Gasteiger partial charge in [0.25, 0.3) is 5.91 Å². The van der Waals surface area contributed by atoms with Crippen LogP contribution >= 0.6 is 11.3 Å². The first kappa shape index (κ1) is 24.0. The number of hydrogen-bond acceptors (Lipinski definition) is 8. The third kappa shape index (κ3) is 5.20. The number of carbonyl (C=O) groups excluding carboxylic acids is 1. The molecule has 0 spiro atoms. The lowest BCUT2D eigenvalue weighted by molar-refractivity contribution is -0.114. The normalized spacial score (nSPS) is 11.0. The van der Waals surface area contributed by atoms with E-state index < -0.39 is 0 Å². The number of aromatic nitrogens is 2. The van der Waals surface area contributed by atoms with Crippen LogP contribution in [0.1, 0.15) is 11.3 Å². The van der Waals surface area contributed by atoms with Gasteiger partial charge in [0.05, 0.1) is 45.4 Å². The second-order valence-electron chi connectivity index (χ2n) is 7.34. The van der Waals surface area contributed by atoms with E-state index in [0.717, 1.165) is 16.0 Å². The smallest absolute Gasteiger partial charge is 0.253 e. The lowest BCUT2D eigenvalue weighted by atomic mass is 10.1. The van der Waals surface area contributed by atoms with Gasteiger partial charge in [-0.3, -0.25) is 14.7 Å². The molecule has 1 amide bonds. The third-order valence-corrected chi connectivity index (χ3v) is 6.28. The highest BCUT2D eigenvalue weighted by Crippen LogP contribution is 2.39. The Morgan fingerprint density at radius 2 is 1.69 bits per heavy atom. The molecule has 0 unspecified atom stereocenters. The van der Waals surface area contributed by atoms with Crippen LogP contribution in [0.25, 0.3) is 16.3 Å². The molecular formula is C26H25N3O5S. The topological polar surface area (TPSA) is 83.0 Å². The van der Waals surface area contributed by atoms with Crippen LogP contribution in [0.4, 0.5) is 5.13 Å². The van der Waals surface area contributed by atoms with Crippen molar-refractivity contribution < 1.29 is 23.7 Å². The highest BCUT2D eigenvalue weighted by atomic mass is 32.1. The molecule has 4 rings (SSSR count). The number of fused-ring (bicyclic) bond motifs is 1. The summed E-state index contributed by atoms with van der Waals surface area (Å²) >= 11 is 1.42. The number of thiazole rings is 1. The van der Waals surface area contributed by atoms with Gasteiger partial charge in [-0.05, 0) is 48.0 Å². The number of rotatable bonds is 9. The quantitative estimate of drug-likeness (QED) is 0.306. The van der Waals surface area contributed by atoms with Gasteiger partial charge in [-0.15, -0.1) is 0 Å². The number of amides is 1. The van der Waals surface area contributed by atoms with Gasteiger partial charge in [-0.2, -0.15) is 0 Å². The largest absolute Gasteiger partial charge is 0.494 e. The first-order chi connectivity index (χ1) is 17.1. The third-order valence-electron chi connectivity index (χ3n) is 5.24. The molecule has 2 heterocycles. The summed E-state index contributed by atoms with van der Waals surface area (Å²) in [6, 6.07) is 14.8. The minimum Gasteiger partial charge on any atom is -0.494 e. The van der Waals surface area contributed by atoms with Gasteiger partial charge in [0.15, 0.2) is 16.6 Å². The maximum atomic E-state index is 13.4. The zero-order valence-electron chi connectivity index (χ0n) is 19.8. The summed E-state index contributed by atoms with van der Waals surface area (Å²) in [6.45, 7) is 0.265. The van der Waals surface area contributed by atoms with Crippen molar-refractivity contribution in [2.75, 3.05) is 33.3 Å². The molecule has 35 heavy (non-hydrogen) atoms. The summed E-state index contributed by atoms with van der Waals surface area (Å²) < 4.78 is 22.6. The van der Waals surface area contributed by atoms with Crippen molar-refractivity contribution in [2.24, 2.45) is 0 Å². The predicted octanol–water partition coefficient (Wildman–Crippen LogP) is 4.97. The summed E-state index contributed by atoms with van der Waals surface area (Å²) in [7, 11) is 6.24. The molecule has 8 nitrogen and oxygen atoms in total. The number of anilines is 1. The van der Waals surface area contributed by atoms with Gasteiger partial charge in [0.2, 0.25) is 5.75 Å². The van der Waals surface area contributed by atoms with E-state index in [1.807, 2.05) is 36.4 Å². The van der Waals surface area contributed by atoms with Crippen molar-refractivity contribution in [3.05, 3.63) is 72.1 Å². The Balaban J connectivity index is 1.70. The van der Waals surface area contributed by atoms with E-state index in [1.54, 1.807) is 57.7 Å². The second kappa shape index (κ2) is 10.9. The Morgan fingerprint density at radius 3 is 2.31 bits per heavy atom. The fourth-order valence-electron chi connectivity index (χ4n) is 3.54. The number of ether oxygens (including phenoxy) is 4. The zero-order valence-corrected chi connectivity index (χ0v) is 20.7. The molecule has 0 aliphatic carbocycles. The SMILES string of the molecule is COc1cc(/C=C/C(=O)N(Cc2ccccn2)c2nc3c(OC)cccc3s2)cc(OC)c1OC. The van der Waals surface area contributed by atoms with Crippen molar-refractivity contribution in [1.29, 1.82) is 0 Å². The maximum Gasteiger partial charge on any atom is 0.253 e. The molecule has 180 valence electrons. The molecule has 0 radical (unpaired) electrons. The molecular weight excluding hydrogens is 466 g/mol. The van der Waals surface area contributed by atoms with Gasteiger partial charge in [-0.1, -0.05) is 23.5 Å². The minimum atomic E-state index is -0.248. The fraction of sp³-hybridized carbons (Fsp3) is 0.192. The van der Waals surface area contributed by atoms with Crippen LogP contribution in [0, 0.1) is 0 Å². The molecule has 0 fully saturated rings. The van der Waals surface area contributed by atoms with Crippen LogP contribution in [0.5, 0.6) is 23.0 Å². The van der Waals surface area contributed by atoms with Gasteiger partial charge >= 0.3 is 0 Å². The van der Waals surface area contributed by atoms with Crippen LogP contribution in [0.3, 0.4) is 0 Å². The summed E-state index contributed by atoms with van der Waals surface area (Å²) in [5.41, 5.74) is 2.17. The average Bonchev–Trinajstić information content (AvgIpc) is 3.34. The van der Waals surface area contributed by atoms with Crippen molar-refractivity contribution in [2.45, 2.75) is 6.54 Å². The van der Waals surface area contributed by atoms with E-state index in [1.165, 1.54) is 17.4 Å². The Morgan fingerprint density at radius 1 is 0.943 bits per heavy atom. The molecule has 9 heteroatoms. The highest BCUT2D eigenvalue weighted by Gasteiger charge is 2.20. The van der Waals surface area contributed by atoms with E-state index in [0.29, 0.717) is 33.6 Å². The first-order valence-electron chi connectivity index (χ1n) is 10.7. The Labute approximate surface area is 207 Å². The fourth-order valence-corrected chi connectivity index (χ4v) is 4.53. The monoisotopic (exact) mass is 491 g/mol. The lowest BCUT2D eigenvalue weighted by Gasteiger charge is -2.18. The summed E-state index contributed by atoms with van der Waals surface area (Å²) in [6.07, 6.45) is 4.89. The lowest BCUT2D eigenvalue weighted by Crippen LogP contribution is -2.29. The minimum absolute atomic E-state index is 0.248. The van der Waals surface area contributed by atoms with Gasteiger partial charge in [0.1, 0.15) is 11.3 Å². The molecule has 0 N–H and O–H groups in total. The Bertz CT molecular complexity index is 1330. The molecule has 4 aromatic rings. The number of methoxy groups -OCH3 is 4. The van der Waals surface area contributed by atoms with Gasteiger partial charge in [0, 0.05) is 12.3 Å². The van der Waals surface area contributed by atoms with E-state index >= 15 is 0 Å². The standard InChI is InChI=1S/C26H25N3O5S/c1-31-19-9-7-10-22-24(19)28-26(35-22)29(16-18-8-5-6-13-27-18)23(30)12-11-17-14-20(32-2)25(34-4)21(15-17)33-3/h5-15H,16H2,1-4H3/b12-11+. The number of pyridine rings is 1. The van der Waals surface area contributed by atoms with Crippen LogP contribution in [-0.4, -0.2) is 44.3 Å². The summed E-state index contributed by atoms with van der Waals surface area (Å²) in [5, 5.41) is 0.551. The number of benzene rings is 2. The van der Waals surface area contributed by atoms with E-state index in [-0.39, 0.29) is 12.5 Å². The van der Waals surface area contributed by atoms with E-state index in [4.69, 9.17) is 23.9 Å². The van der Waals surface area contributed by atoms with Gasteiger partial charge < -0.3 is 18.9 Å². The van der Waals surface area contributed by atoms with Crippen LogP contribution < -0.4 is 23.8 Å². The highest BCUT2D eigenvalue weighted by molar-refractivity contribution is 7.22.